The van der Waals surface area contributed by atoms with Crippen LogP contribution < -0.4 is 0 Å². The molecule has 1 saturated heterocycles. The van der Waals surface area contributed by atoms with E-state index in [1.54, 1.807) is 0 Å². The monoisotopic (exact) mass is 238 g/mol. The molecule has 2 fully saturated rings. The average Bonchev–Trinajstić information content (AvgIpc) is 3.17. The van der Waals surface area contributed by atoms with E-state index in [2.05, 4.69) is 0 Å². The van der Waals surface area contributed by atoms with Gasteiger partial charge in [-0.05, 0) is 12.8 Å². The minimum absolute atomic E-state index is 0.00606. The number of epoxide rings is 1. The van der Waals surface area contributed by atoms with Crippen molar-refractivity contribution in [2.45, 2.75) is 25.0 Å². The molecule has 0 aromatic heterocycles. The summed E-state index contributed by atoms with van der Waals surface area (Å²) in [5.41, 5.74) is 0.962. The third kappa shape index (κ3) is 1.35. The van der Waals surface area contributed by atoms with Gasteiger partial charge in [-0.3, -0.25) is 0 Å². The van der Waals surface area contributed by atoms with Gasteiger partial charge in [-0.2, -0.15) is 0 Å². The van der Waals surface area contributed by atoms with Crippen LogP contribution in [0, 0.1) is 11.8 Å². The fourth-order valence-corrected chi connectivity index (χ4v) is 3.23. The summed E-state index contributed by atoms with van der Waals surface area (Å²) in [4.78, 5) is 23.6. The van der Waals surface area contributed by atoms with Crippen LogP contribution in [0.5, 0.6) is 0 Å². The molecule has 1 heterocycles. The maximum atomic E-state index is 11.8. The Morgan fingerprint density at radius 1 is 1.00 bits per heavy atom. The molecule has 4 atom stereocenters. The van der Waals surface area contributed by atoms with Crippen molar-refractivity contribution >= 4 is 11.9 Å². The number of hydrogen-bond donors (Lipinski definition) is 0. The molecule has 4 aliphatic rings. The highest BCUT2D eigenvalue weighted by molar-refractivity contribution is 6.02. The van der Waals surface area contributed by atoms with E-state index in [0.29, 0.717) is 11.1 Å². The molecule has 5 nitrogen and oxygen atoms in total. The first-order valence-corrected chi connectivity index (χ1v) is 5.75. The summed E-state index contributed by atoms with van der Waals surface area (Å²) in [5, 5.41) is 0. The van der Waals surface area contributed by atoms with Gasteiger partial charge < -0.3 is 14.2 Å². The number of methoxy groups -OCH3 is 2. The summed E-state index contributed by atoms with van der Waals surface area (Å²) >= 11 is 0. The fraction of sp³-hybridized carbons (Fsp3) is 0.667. The topological polar surface area (TPSA) is 65.1 Å². The SMILES string of the molecule is COC(=O)C1=C(C(=O)OC)C2CCC1C1OC21. The van der Waals surface area contributed by atoms with Crippen LogP contribution in [-0.4, -0.2) is 38.4 Å². The van der Waals surface area contributed by atoms with Crippen LogP contribution in [0.1, 0.15) is 12.8 Å². The van der Waals surface area contributed by atoms with Gasteiger partial charge in [0.15, 0.2) is 0 Å². The number of esters is 2. The zero-order valence-corrected chi connectivity index (χ0v) is 9.76. The largest absolute Gasteiger partial charge is 0.466 e. The van der Waals surface area contributed by atoms with E-state index >= 15 is 0 Å². The Morgan fingerprint density at radius 2 is 1.41 bits per heavy atom. The van der Waals surface area contributed by atoms with Crippen LogP contribution in [0.2, 0.25) is 0 Å². The molecular formula is C12H14O5. The quantitative estimate of drug-likeness (QED) is 0.516. The first-order valence-electron chi connectivity index (χ1n) is 5.75. The minimum atomic E-state index is -0.422. The van der Waals surface area contributed by atoms with Gasteiger partial charge in [0.2, 0.25) is 0 Å². The lowest BCUT2D eigenvalue weighted by molar-refractivity contribution is -0.141. The lowest BCUT2D eigenvalue weighted by Crippen LogP contribution is -2.39. The number of hydrogen-bond acceptors (Lipinski definition) is 5. The molecular weight excluding hydrogens is 224 g/mol. The Morgan fingerprint density at radius 3 is 1.76 bits per heavy atom. The first kappa shape index (κ1) is 10.8. The average molecular weight is 238 g/mol. The minimum Gasteiger partial charge on any atom is -0.466 e. The smallest absolute Gasteiger partial charge is 0.334 e. The van der Waals surface area contributed by atoms with Crippen molar-refractivity contribution in [3.05, 3.63) is 11.1 Å². The van der Waals surface area contributed by atoms with E-state index in [-0.39, 0.29) is 24.0 Å². The van der Waals surface area contributed by atoms with Gasteiger partial charge in [-0.1, -0.05) is 0 Å². The molecule has 0 amide bonds. The second-order valence-corrected chi connectivity index (χ2v) is 4.67. The van der Waals surface area contributed by atoms with Crippen molar-refractivity contribution in [2.24, 2.45) is 11.8 Å². The Balaban J connectivity index is 2.07. The van der Waals surface area contributed by atoms with E-state index in [0.717, 1.165) is 12.8 Å². The van der Waals surface area contributed by atoms with Crippen molar-refractivity contribution in [1.29, 1.82) is 0 Å². The zero-order valence-electron chi connectivity index (χ0n) is 9.76. The van der Waals surface area contributed by atoms with Gasteiger partial charge in [0.25, 0.3) is 0 Å². The van der Waals surface area contributed by atoms with Crippen molar-refractivity contribution in [2.75, 3.05) is 14.2 Å². The maximum absolute atomic E-state index is 11.8. The molecule has 4 unspecified atom stereocenters. The van der Waals surface area contributed by atoms with Crippen molar-refractivity contribution in [3.8, 4) is 0 Å². The predicted octanol–water partition coefficient (Wildman–Crippen LogP) is 0.436. The molecule has 0 radical (unpaired) electrons. The third-order valence-corrected chi connectivity index (χ3v) is 3.99. The van der Waals surface area contributed by atoms with E-state index in [9.17, 15) is 9.59 Å². The molecule has 0 aromatic carbocycles. The van der Waals surface area contributed by atoms with Crippen LogP contribution in [0.3, 0.4) is 0 Å². The number of ether oxygens (including phenoxy) is 3. The van der Waals surface area contributed by atoms with Gasteiger partial charge in [0.1, 0.15) is 0 Å². The lowest BCUT2D eigenvalue weighted by atomic mass is 9.67. The number of carbonyl (C=O) groups is 2. The highest BCUT2D eigenvalue weighted by Gasteiger charge is 2.61. The van der Waals surface area contributed by atoms with E-state index in [4.69, 9.17) is 14.2 Å². The van der Waals surface area contributed by atoms with Gasteiger partial charge in [0, 0.05) is 11.8 Å². The highest BCUT2D eigenvalue weighted by atomic mass is 16.6. The van der Waals surface area contributed by atoms with Gasteiger partial charge in [0.05, 0.1) is 37.6 Å². The standard InChI is InChI=1S/C12H14O5/c1-15-11(13)7-5-3-4-6(10-9(5)17-10)8(7)12(14)16-2/h5-6,9-10H,3-4H2,1-2H3. The predicted molar refractivity (Wildman–Crippen MR) is 55.9 cm³/mol. The molecule has 5 heteroatoms. The van der Waals surface area contributed by atoms with E-state index in [1.165, 1.54) is 14.2 Å². The Hall–Kier alpha value is -1.36. The second-order valence-electron chi connectivity index (χ2n) is 4.67. The van der Waals surface area contributed by atoms with Crippen molar-refractivity contribution in [1.82, 2.24) is 0 Å². The van der Waals surface area contributed by atoms with Crippen LogP contribution in [-0.2, 0) is 23.8 Å². The molecule has 1 saturated carbocycles. The summed E-state index contributed by atoms with van der Waals surface area (Å²) in [6.45, 7) is 0. The van der Waals surface area contributed by atoms with Crippen LogP contribution in [0.25, 0.3) is 0 Å². The maximum Gasteiger partial charge on any atom is 0.334 e. The Kier molecular flexibility index (Phi) is 2.26. The van der Waals surface area contributed by atoms with Crippen LogP contribution in [0.4, 0.5) is 0 Å². The molecule has 0 spiro atoms. The number of carbonyl (C=O) groups excluding carboxylic acids is 2. The van der Waals surface area contributed by atoms with E-state index in [1.807, 2.05) is 0 Å². The summed E-state index contributed by atoms with van der Waals surface area (Å²) in [5.74, 6) is -0.832. The summed E-state index contributed by atoms with van der Waals surface area (Å²) < 4.78 is 15.1. The summed E-state index contributed by atoms with van der Waals surface area (Å²) in [6, 6.07) is 0. The first-order chi connectivity index (χ1) is 8.19. The van der Waals surface area contributed by atoms with Crippen LogP contribution in [0.15, 0.2) is 11.1 Å². The van der Waals surface area contributed by atoms with Gasteiger partial charge >= 0.3 is 11.9 Å². The molecule has 92 valence electrons. The number of rotatable bonds is 2. The van der Waals surface area contributed by atoms with Gasteiger partial charge in [-0.15, -0.1) is 0 Å². The molecule has 0 N–H and O–H groups in total. The number of fused-ring (bicyclic) bond motifs is 1. The summed E-state index contributed by atoms with van der Waals surface area (Å²) in [6.07, 6.45) is 1.99. The third-order valence-electron chi connectivity index (χ3n) is 3.99. The molecule has 17 heavy (non-hydrogen) atoms. The lowest BCUT2D eigenvalue weighted by Gasteiger charge is -2.34. The summed E-state index contributed by atoms with van der Waals surface area (Å²) in [7, 11) is 2.66. The van der Waals surface area contributed by atoms with Crippen molar-refractivity contribution in [3.63, 3.8) is 0 Å². The van der Waals surface area contributed by atoms with E-state index < -0.39 is 11.9 Å². The Bertz CT molecular complexity index is 387. The molecule has 4 rings (SSSR count). The molecule has 0 aromatic rings. The van der Waals surface area contributed by atoms with Crippen molar-refractivity contribution < 1.29 is 23.8 Å². The molecule has 2 bridgehead atoms. The normalized spacial score (nSPS) is 37.5. The zero-order chi connectivity index (χ0) is 12.2. The highest BCUT2D eigenvalue weighted by Crippen LogP contribution is 2.55. The fourth-order valence-electron chi connectivity index (χ4n) is 3.23. The molecule has 1 aliphatic heterocycles. The Labute approximate surface area is 98.7 Å². The van der Waals surface area contributed by atoms with Crippen LogP contribution >= 0.6 is 0 Å². The van der Waals surface area contributed by atoms with Gasteiger partial charge in [-0.25, -0.2) is 9.59 Å². The second kappa shape index (κ2) is 3.57. The molecule has 3 aliphatic carbocycles.